The fourth-order valence-electron chi connectivity index (χ4n) is 1.97. The second-order valence-electron chi connectivity index (χ2n) is 4.41. The summed E-state index contributed by atoms with van der Waals surface area (Å²) in [5, 5.41) is 9.96. The molecule has 0 amide bonds. The third-order valence-corrected chi connectivity index (χ3v) is 3.14. The van der Waals surface area contributed by atoms with Gasteiger partial charge in [0.15, 0.2) is 0 Å². The van der Waals surface area contributed by atoms with Crippen LogP contribution in [0, 0.1) is 0 Å². The molecule has 0 aliphatic heterocycles. The van der Waals surface area contributed by atoms with E-state index in [4.69, 9.17) is 11.6 Å². The Morgan fingerprint density at radius 3 is 2.35 bits per heavy atom. The first-order valence-electron chi connectivity index (χ1n) is 5.67. The molecule has 0 aliphatic carbocycles. The number of hydrogen-bond acceptors (Lipinski definition) is 1. The van der Waals surface area contributed by atoms with Gasteiger partial charge < -0.3 is 5.11 Å². The van der Waals surface area contributed by atoms with Gasteiger partial charge in [-0.2, -0.15) is 0 Å². The van der Waals surface area contributed by atoms with Crippen molar-refractivity contribution in [2.75, 3.05) is 0 Å². The van der Waals surface area contributed by atoms with Crippen LogP contribution in [0.5, 0.6) is 5.75 Å². The fraction of sp³-hybridized carbons (Fsp3) is 0.200. The van der Waals surface area contributed by atoms with Gasteiger partial charge in [-0.05, 0) is 35.2 Å². The number of hydrogen-bond donors (Lipinski definition) is 1. The summed E-state index contributed by atoms with van der Waals surface area (Å²) < 4.78 is 0. The van der Waals surface area contributed by atoms with Gasteiger partial charge in [-0.15, -0.1) is 0 Å². The van der Waals surface area contributed by atoms with Crippen LogP contribution in [0.25, 0.3) is 11.1 Å². The third-order valence-electron chi connectivity index (χ3n) is 2.83. The second-order valence-corrected chi connectivity index (χ2v) is 4.81. The van der Waals surface area contributed by atoms with Crippen molar-refractivity contribution in [3.63, 3.8) is 0 Å². The first kappa shape index (κ1) is 12.0. The van der Waals surface area contributed by atoms with E-state index in [1.807, 2.05) is 18.2 Å². The smallest absolute Gasteiger partial charge is 0.117 e. The molecule has 0 saturated carbocycles. The molecule has 0 heterocycles. The highest BCUT2D eigenvalue weighted by Gasteiger charge is 2.10. The van der Waals surface area contributed by atoms with Gasteiger partial charge in [0.1, 0.15) is 5.75 Å². The second kappa shape index (κ2) is 4.80. The van der Waals surface area contributed by atoms with E-state index in [-0.39, 0.29) is 5.75 Å². The quantitative estimate of drug-likeness (QED) is 0.804. The molecule has 1 nitrogen and oxygen atoms in total. The average molecular weight is 247 g/mol. The predicted octanol–water partition coefficient (Wildman–Crippen LogP) is 4.84. The number of rotatable bonds is 2. The third kappa shape index (κ3) is 2.45. The normalized spacial score (nSPS) is 10.8. The van der Waals surface area contributed by atoms with Crippen LogP contribution in [0.3, 0.4) is 0 Å². The lowest BCUT2D eigenvalue weighted by molar-refractivity contribution is 0.475. The zero-order chi connectivity index (χ0) is 12.4. The minimum absolute atomic E-state index is 0.195. The molecule has 1 N–H and O–H groups in total. The number of phenolic OH excluding ortho intramolecular Hbond substituents is 1. The van der Waals surface area contributed by atoms with E-state index in [2.05, 4.69) is 26.0 Å². The number of halogens is 1. The van der Waals surface area contributed by atoms with Gasteiger partial charge in [0.2, 0.25) is 0 Å². The van der Waals surface area contributed by atoms with E-state index in [1.165, 1.54) is 5.56 Å². The van der Waals surface area contributed by atoms with E-state index in [9.17, 15) is 5.11 Å². The van der Waals surface area contributed by atoms with E-state index < -0.39 is 0 Å². The largest absolute Gasteiger partial charge is 0.508 e. The Kier molecular flexibility index (Phi) is 3.39. The zero-order valence-electron chi connectivity index (χ0n) is 9.94. The minimum Gasteiger partial charge on any atom is -0.508 e. The van der Waals surface area contributed by atoms with Crippen LogP contribution in [0.4, 0.5) is 0 Å². The molecular weight excluding hydrogens is 232 g/mol. The standard InChI is InChI=1S/C15H15ClO/c1-10(2)12-5-3-4-6-13(12)14-8-7-11(17)9-15(14)16/h3-10,17H,1-2H3. The summed E-state index contributed by atoms with van der Waals surface area (Å²) in [4.78, 5) is 0. The highest BCUT2D eigenvalue weighted by atomic mass is 35.5. The van der Waals surface area contributed by atoms with Crippen molar-refractivity contribution in [1.29, 1.82) is 0 Å². The molecule has 2 rings (SSSR count). The van der Waals surface area contributed by atoms with Crippen molar-refractivity contribution in [3.8, 4) is 16.9 Å². The molecule has 2 aromatic rings. The number of aromatic hydroxyl groups is 1. The maximum atomic E-state index is 9.38. The van der Waals surface area contributed by atoms with Crippen LogP contribution in [0.1, 0.15) is 25.3 Å². The molecule has 88 valence electrons. The lowest BCUT2D eigenvalue weighted by atomic mass is 9.92. The highest BCUT2D eigenvalue weighted by molar-refractivity contribution is 6.33. The number of benzene rings is 2. The van der Waals surface area contributed by atoms with Gasteiger partial charge in [-0.25, -0.2) is 0 Å². The Balaban J connectivity index is 2.60. The minimum atomic E-state index is 0.195. The molecule has 0 spiro atoms. The van der Waals surface area contributed by atoms with Gasteiger partial charge >= 0.3 is 0 Å². The van der Waals surface area contributed by atoms with Crippen LogP contribution < -0.4 is 0 Å². The van der Waals surface area contributed by atoms with Gasteiger partial charge in [-0.1, -0.05) is 49.7 Å². The zero-order valence-corrected chi connectivity index (χ0v) is 10.7. The molecule has 0 unspecified atom stereocenters. The molecule has 0 aliphatic rings. The summed E-state index contributed by atoms with van der Waals surface area (Å²) >= 11 is 6.18. The van der Waals surface area contributed by atoms with E-state index in [1.54, 1.807) is 12.1 Å². The monoisotopic (exact) mass is 246 g/mol. The van der Waals surface area contributed by atoms with Crippen molar-refractivity contribution in [2.24, 2.45) is 0 Å². The summed E-state index contributed by atoms with van der Waals surface area (Å²) in [5.74, 6) is 0.636. The van der Waals surface area contributed by atoms with Crippen molar-refractivity contribution < 1.29 is 5.11 Å². The molecule has 2 heteroatoms. The molecule has 17 heavy (non-hydrogen) atoms. The SMILES string of the molecule is CC(C)c1ccccc1-c1ccc(O)cc1Cl. The first-order chi connectivity index (χ1) is 8.09. The maximum absolute atomic E-state index is 9.38. The van der Waals surface area contributed by atoms with Gasteiger partial charge in [0.05, 0.1) is 5.02 Å². The lowest BCUT2D eigenvalue weighted by Crippen LogP contribution is -1.92. The highest BCUT2D eigenvalue weighted by Crippen LogP contribution is 2.35. The Morgan fingerprint density at radius 1 is 1.00 bits per heavy atom. The number of phenols is 1. The first-order valence-corrected chi connectivity index (χ1v) is 6.05. The maximum Gasteiger partial charge on any atom is 0.117 e. The summed E-state index contributed by atoms with van der Waals surface area (Å²) in [5.41, 5.74) is 3.36. The Hall–Kier alpha value is -1.47. The summed E-state index contributed by atoms with van der Waals surface area (Å²) in [6.45, 7) is 4.32. The fourth-order valence-corrected chi connectivity index (χ4v) is 2.24. The van der Waals surface area contributed by atoms with Crippen molar-refractivity contribution >= 4 is 11.6 Å². The molecule has 2 aromatic carbocycles. The van der Waals surface area contributed by atoms with E-state index in [0.717, 1.165) is 11.1 Å². The van der Waals surface area contributed by atoms with Crippen LogP contribution in [0.15, 0.2) is 42.5 Å². The van der Waals surface area contributed by atoms with E-state index in [0.29, 0.717) is 10.9 Å². The lowest BCUT2D eigenvalue weighted by Gasteiger charge is -2.14. The molecule has 0 radical (unpaired) electrons. The Morgan fingerprint density at radius 2 is 1.71 bits per heavy atom. The van der Waals surface area contributed by atoms with Gasteiger partial charge in [0, 0.05) is 5.56 Å². The van der Waals surface area contributed by atoms with Crippen LogP contribution in [-0.4, -0.2) is 5.11 Å². The predicted molar refractivity (Wildman–Crippen MR) is 72.6 cm³/mol. The molecule has 0 bridgehead atoms. The topological polar surface area (TPSA) is 20.2 Å². The van der Waals surface area contributed by atoms with Crippen molar-refractivity contribution in [3.05, 3.63) is 53.1 Å². The van der Waals surface area contributed by atoms with Crippen molar-refractivity contribution in [2.45, 2.75) is 19.8 Å². The summed E-state index contributed by atoms with van der Waals surface area (Å²) in [6.07, 6.45) is 0. The summed E-state index contributed by atoms with van der Waals surface area (Å²) in [6, 6.07) is 13.3. The van der Waals surface area contributed by atoms with Crippen LogP contribution in [0.2, 0.25) is 5.02 Å². The van der Waals surface area contributed by atoms with Gasteiger partial charge in [-0.3, -0.25) is 0 Å². The van der Waals surface area contributed by atoms with E-state index >= 15 is 0 Å². The van der Waals surface area contributed by atoms with Crippen molar-refractivity contribution in [1.82, 2.24) is 0 Å². The van der Waals surface area contributed by atoms with Gasteiger partial charge in [0.25, 0.3) is 0 Å². The molecular formula is C15H15ClO. The molecule has 0 fully saturated rings. The Bertz CT molecular complexity index is 532. The molecule has 0 aromatic heterocycles. The average Bonchev–Trinajstić information content (AvgIpc) is 2.29. The molecule has 0 atom stereocenters. The molecule has 0 saturated heterocycles. The Labute approximate surface area is 107 Å². The van der Waals surface area contributed by atoms with Crippen LogP contribution >= 0.6 is 11.6 Å². The van der Waals surface area contributed by atoms with Crippen LogP contribution in [-0.2, 0) is 0 Å². The summed E-state index contributed by atoms with van der Waals surface area (Å²) in [7, 11) is 0.